The molecular formula is C22H21BrN4O3. The SMILES string of the molecule is CC(=O)Nc1ccc(-c2noc(C3CCCN(C(=O)c4cccc(Br)c4)C3)n2)cc1. The number of nitrogens with zero attached hydrogens (tertiary/aromatic N) is 3. The zero-order valence-electron chi connectivity index (χ0n) is 16.5. The minimum Gasteiger partial charge on any atom is -0.339 e. The van der Waals surface area contributed by atoms with Gasteiger partial charge in [-0.1, -0.05) is 27.2 Å². The number of anilines is 1. The average Bonchev–Trinajstić information content (AvgIpc) is 3.24. The van der Waals surface area contributed by atoms with Gasteiger partial charge in [0, 0.05) is 41.3 Å². The van der Waals surface area contributed by atoms with Gasteiger partial charge >= 0.3 is 0 Å². The summed E-state index contributed by atoms with van der Waals surface area (Å²) in [6.07, 6.45) is 1.78. The number of nitrogens with one attached hydrogen (secondary N) is 1. The van der Waals surface area contributed by atoms with Gasteiger partial charge < -0.3 is 14.7 Å². The Kier molecular flexibility index (Phi) is 5.94. The average molecular weight is 469 g/mol. The van der Waals surface area contributed by atoms with Crippen LogP contribution in [0.1, 0.15) is 41.9 Å². The summed E-state index contributed by atoms with van der Waals surface area (Å²) in [6, 6.07) is 14.7. The molecule has 0 aliphatic carbocycles. The molecule has 4 rings (SSSR count). The Balaban J connectivity index is 1.46. The molecule has 0 bridgehead atoms. The lowest BCUT2D eigenvalue weighted by molar-refractivity contribution is -0.114. The van der Waals surface area contributed by atoms with Crippen molar-refractivity contribution in [1.29, 1.82) is 0 Å². The molecule has 30 heavy (non-hydrogen) atoms. The van der Waals surface area contributed by atoms with Crippen molar-refractivity contribution < 1.29 is 14.1 Å². The van der Waals surface area contributed by atoms with E-state index < -0.39 is 0 Å². The van der Waals surface area contributed by atoms with Crippen LogP contribution in [0, 0.1) is 0 Å². The summed E-state index contributed by atoms with van der Waals surface area (Å²) in [4.78, 5) is 30.4. The molecule has 0 radical (unpaired) electrons. The quantitative estimate of drug-likeness (QED) is 0.609. The van der Waals surface area contributed by atoms with Crippen LogP contribution in [-0.4, -0.2) is 39.9 Å². The van der Waals surface area contributed by atoms with E-state index in [0.717, 1.165) is 22.9 Å². The predicted molar refractivity (Wildman–Crippen MR) is 116 cm³/mol. The molecule has 0 saturated carbocycles. The van der Waals surface area contributed by atoms with Crippen LogP contribution in [0.3, 0.4) is 0 Å². The maximum Gasteiger partial charge on any atom is 0.253 e. The summed E-state index contributed by atoms with van der Waals surface area (Å²) >= 11 is 3.42. The molecule has 1 N–H and O–H groups in total. The number of hydrogen-bond acceptors (Lipinski definition) is 5. The van der Waals surface area contributed by atoms with Crippen LogP contribution in [0.2, 0.25) is 0 Å². The molecular weight excluding hydrogens is 448 g/mol. The van der Waals surface area contributed by atoms with Crippen molar-refractivity contribution in [3.8, 4) is 11.4 Å². The smallest absolute Gasteiger partial charge is 0.253 e. The van der Waals surface area contributed by atoms with E-state index in [2.05, 4.69) is 31.4 Å². The molecule has 1 saturated heterocycles. The van der Waals surface area contributed by atoms with Crippen LogP contribution < -0.4 is 5.32 Å². The fourth-order valence-corrected chi connectivity index (χ4v) is 3.99. The fraction of sp³-hybridized carbons (Fsp3) is 0.273. The molecule has 3 aromatic rings. The molecule has 1 aliphatic heterocycles. The fourth-order valence-electron chi connectivity index (χ4n) is 3.59. The van der Waals surface area contributed by atoms with E-state index >= 15 is 0 Å². The lowest BCUT2D eigenvalue weighted by Gasteiger charge is -2.31. The summed E-state index contributed by atoms with van der Waals surface area (Å²) in [5.74, 6) is 0.936. The maximum atomic E-state index is 12.9. The number of halogens is 1. The highest BCUT2D eigenvalue weighted by Crippen LogP contribution is 2.29. The molecule has 2 heterocycles. The Morgan fingerprint density at radius 2 is 2.00 bits per heavy atom. The molecule has 1 aromatic heterocycles. The Labute approximate surface area is 182 Å². The molecule has 1 unspecified atom stereocenters. The number of hydrogen-bond donors (Lipinski definition) is 1. The number of piperidine rings is 1. The topological polar surface area (TPSA) is 88.3 Å². The summed E-state index contributed by atoms with van der Waals surface area (Å²) in [7, 11) is 0. The van der Waals surface area contributed by atoms with Crippen molar-refractivity contribution in [3.63, 3.8) is 0 Å². The van der Waals surface area contributed by atoms with Gasteiger partial charge in [0.2, 0.25) is 17.6 Å². The van der Waals surface area contributed by atoms with E-state index in [1.54, 1.807) is 12.1 Å². The Morgan fingerprint density at radius 3 is 2.73 bits per heavy atom. The number of benzene rings is 2. The molecule has 154 valence electrons. The minimum absolute atomic E-state index is 0.00861. The van der Waals surface area contributed by atoms with Gasteiger partial charge in [-0.05, 0) is 55.3 Å². The van der Waals surface area contributed by atoms with E-state index in [0.29, 0.717) is 36.1 Å². The lowest BCUT2D eigenvalue weighted by Crippen LogP contribution is -2.39. The van der Waals surface area contributed by atoms with Crippen LogP contribution in [0.15, 0.2) is 57.5 Å². The van der Waals surface area contributed by atoms with Gasteiger partial charge in [0.15, 0.2) is 0 Å². The zero-order chi connectivity index (χ0) is 21.1. The van der Waals surface area contributed by atoms with Crippen molar-refractivity contribution in [3.05, 3.63) is 64.5 Å². The lowest BCUT2D eigenvalue weighted by atomic mass is 9.97. The zero-order valence-corrected chi connectivity index (χ0v) is 18.1. The van der Waals surface area contributed by atoms with Crippen molar-refractivity contribution in [2.75, 3.05) is 18.4 Å². The number of rotatable bonds is 4. The van der Waals surface area contributed by atoms with Crippen molar-refractivity contribution >= 4 is 33.4 Å². The predicted octanol–water partition coefficient (Wildman–Crippen LogP) is 4.48. The van der Waals surface area contributed by atoms with Gasteiger partial charge in [-0.3, -0.25) is 9.59 Å². The third-order valence-electron chi connectivity index (χ3n) is 5.03. The van der Waals surface area contributed by atoms with Gasteiger partial charge in [0.1, 0.15) is 0 Å². The number of amides is 2. The van der Waals surface area contributed by atoms with Crippen molar-refractivity contribution in [1.82, 2.24) is 15.0 Å². The molecule has 2 aromatic carbocycles. The van der Waals surface area contributed by atoms with Crippen LogP contribution in [-0.2, 0) is 4.79 Å². The van der Waals surface area contributed by atoms with Crippen LogP contribution in [0.4, 0.5) is 5.69 Å². The standard InChI is InChI=1S/C22H21BrN4O3/c1-14(28)24-19-9-7-15(8-10-19)20-25-21(30-26-20)17-5-3-11-27(13-17)22(29)16-4-2-6-18(23)12-16/h2,4,6-10,12,17H,3,5,11,13H2,1H3,(H,24,28). The number of likely N-dealkylation sites (tertiary alicyclic amines) is 1. The third kappa shape index (κ3) is 4.59. The van der Waals surface area contributed by atoms with E-state index in [4.69, 9.17) is 4.52 Å². The van der Waals surface area contributed by atoms with Gasteiger partial charge in [0.25, 0.3) is 5.91 Å². The second-order valence-electron chi connectivity index (χ2n) is 7.32. The Bertz CT molecular complexity index is 1060. The van der Waals surface area contributed by atoms with Gasteiger partial charge in [-0.25, -0.2) is 0 Å². The van der Waals surface area contributed by atoms with E-state index in [1.807, 2.05) is 41.3 Å². The molecule has 2 amide bonds. The molecule has 7 nitrogen and oxygen atoms in total. The van der Waals surface area contributed by atoms with Gasteiger partial charge in [-0.15, -0.1) is 0 Å². The first-order chi connectivity index (χ1) is 14.5. The highest BCUT2D eigenvalue weighted by Gasteiger charge is 2.29. The number of carbonyl (C=O) groups excluding carboxylic acids is 2. The van der Waals surface area contributed by atoms with Gasteiger partial charge in [0.05, 0.1) is 5.92 Å². The van der Waals surface area contributed by atoms with E-state index in [-0.39, 0.29) is 17.7 Å². The first kappa shape index (κ1) is 20.3. The monoisotopic (exact) mass is 468 g/mol. The van der Waals surface area contributed by atoms with Crippen molar-refractivity contribution in [2.45, 2.75) is 25.7 Å². The number of carbonyl (C=O) groups is 2. The summed E-state index contributed by atoms with van der Waals surface area (Å²) in [5.41, 5.74) is 2.18. The third-order valence-corrected chi connectivity index (χ3v) is 5.53. The Morgan fingerprint density at radius 1 is 1.20 bits per heavy atom. The molecule has 1 aliphatic rings. The van der Waals surface area contributed by atoms with Crippen LogP contribution in [0.25, 0.3) is 11.4 Å². The Hall–Kier alpha value is -3.00. The summed E-state index contributed by atoms with van der Waals surface area (Å²) in [5, 5.41) is 6.84. The van der Waals surface area contributed by atoms with E-state index in [9.17, 15) is 9.59 Å². The molecule has 8 heteroatoms. The first-order valence-electron chi connectivity index (χ1n) is 9.76. The highest BCUT2D eigenvalue weighted by molar-refractivity contribution is 9.10. The summed E-state index contributed by atoms with van der Waals surface area (Å²) in [6.45, 7) is 2.73. The van der Waals surface area contributed by atoms with Crippen LogP contribution in [0.5, 0.6) is 0 Å². The normalized spacial score (nSPS) is 16.3. The maximum absolute atomic E-state index is 12.9. The first-order valence-corrected chi connectivity index (χ1v) is 10.6. The molecule has 0 spiro atoms. The molecule has 1 fully saturated rings. The largest absolute Gasteiger partial charge is 0.339 e. The second kappa shape index (κ2) is 8.79. The minimum atomic E-state index is -0.121. The van der Waals surface area contributed by atoms with Crippen LogP contribution >= 0.6 is 15.9 Å². The highest BCUT2D eigenvalue weighted by atomic mass is 79.9. The number of aromatic nitrogens is 2. The van der Waals surface area contributed by atoms with Gasteiger partial charge in [-0.2, -0.15) is 4.98 Å². The van der Waals surface area contributed by atoms with Crippen molar-refractivity contribution in [2.24, 2.45) is 0 Å². The second-order valence-corrected chi connectivity index (χ2v) is 8.23. The summed E-state index contributed by atoms with van der Waals surface area (Å²) < 4.78 is 6.41. The van der Waals surface area contributed by atoms with E-state index in [1.165, 1.54) is 6.92 Å². The molecule has 1 atom stereocenters.